The molecule has 1 aliphatic rings. The molecular weight excluding hydrogens is 341 g/mol. The first-order valence-electron chi connectivity index (χ1n) is 7.03. The van der Waals surface area contributed by atoms with Crippen LogP contribution in [0, 0.1) is 15.9 Å². The van der Waals surface area contributed by atoms with Crippen molar-refractivity contribution in [3.63, 3.8) is 0 Å². The summed E-state index contributed by atoms with van der Waals surface area (Å²) >= 11 is 3.12. The molecule has 0 aromatic heterocycles. The Bertz CT molecular complexity index is 533. The van der Waals surface area contributed by atoms with Gasteiger partial charge in [0.15, 0.2) is 0 Å². The highest BCUT2D eigenvalue weighted by Crippen LogP contribution is 2.34. The van der Waals surface area contributed by atoms with Gasteiger partial charge in [0.05, 0.1) is 15.5 Å². The highest BCUT2D eigenvalue weighted by atomic mass is 79.9. The molecule has 1 unspecified atom stereocenters. The van der Waals surface area contributed by atoms with Gasteiger partial charge in [0.2, 0.25) is 0 Å². The molecule has 1 fully saturated rings. The minimum atomic E-state index is -0.617. The van der Waals surface area contributed by atoms with Gasteiger partial charge in [0.1, 0.15) is 11.5 Å². The molecule has 116 valence electrons. The lowest BCUT2D eigenvalue weighted by Gasteiger charge is -2.31. The summed E-state index contributed by atoms with van der Waals surface area (Å²) < 4.78 is 13.9. The van der Waals surface area contributed by atoms with E-state index in [1.807, 2.05) is 18.7 Å². The van der Waals surface area contributed by atoms with Crippen LogP contribution in [-0.4, -0.2) is 30.1 Å². The third kappa shape index (κ3) is 3.71. The summed E-state index contributed by atoms with van der Waals surface area (Å²) in [7, 11) is 0. The zero-order valence-electron chi connectivity index (χ0n) is 12.1. The van der Waals surface area contributed by atoms with Crippen molar-refractivity contribution in [1.82, 2.24) is 5.32 Å². The summed E-state index contributed by atoms with van der Waals surface area (Å²) in [6.07, 6.45) is 2.17. The van der Waals surface area contributed by atoms with E-state index in [1.54, 1.807) is 0 Å². The second-order valence-electron chi connectivity index (χ2n) is 5.55. The normalized spacial score (nSPS) is 18.2. The number of nitro groups is 1. The van der Waals surface area contributed by atoms with Crippen LogP contribution in [0.1, 0.15) is 26.7 Å². The molecule has 7 heteroatoms. The summed E-state index contributed by atoms with van der Waals surface area (Å²) in [6.45, 7) is 5.62. The predicted octanol–water partition coefficient (Wildman–Crippen LogP) is 3.46. The van der Waals surface area contributed by atoms with Crippen molar-refractivity contribution in [2.45, 2.75) is 38.8 Å². The van der Waals surface area contributed by atoms with Crippen molar-refractivity contribution < 1.29 is 9.31 Å². The summed E-state index contributed by atoms with van der Waals surface area (Å²) in [6, 6.07) is 2.89. The summed E-state index contributed by atoms with van der Waals surface area (Å²) in [4.78, 5) is 12.7. The maximum absolute atomic E-state index is 13.6. The number of nitro benzene ring substituents is 1. The fraction of sp³-hybridized carbons (Fsp3) is 0.571. The van der Waals surface area contributed by atoms with E-state index < -0.39 is 10.7 Å². The van der Waals surface area contributed by atoms with Crippen molar-refractivity contribution >= 4 is 27.3 Å². The Kier molecular flexibility index (Phi) is 5.16. The average Bonchev–Trinajstić information content (AvgIpc) is 2.91. The Labute approximate surface area is 131 Å². The van der Waals surface area contributed by atoms with Crippen LogP contribution >= 0.6 is 15.9 Å². The van der Waals surface area contributed by atoms with E-state index in [4.69, 9.17) is 0 Å². The number of hydrogen-bond acceptors (Lipinski definition) is 4. The molecule has 1 saturated heterocycles. The highest BCUT2D eigenvalue weighted by Gasteiger charge is 2.27. The highest BCUT2D eigenvalue weighted by molar-refractivity contribution is 9.10. The molecule has 1 aromatic rings. The van der Waals surface area contributed by atoms with Gasteiger partial charge in [0, 0.05) is 18.6 Å². The van der Waals surface area contributed by atoms with Crippen LogP contribution in [0.2, 0.25) is 0 Å². The van der Waals surface area contributed by atoms with E-state index in [2.05, 4.69) is 21.2 Å². The van der Waals surface area contributed by atoms with E-state index in [0.29, 0.717) is 18.3 Å². The minimum absolute atomic E-state index is 0.0865. The molecule has 0 radical (unpaired) electrons. The molecule has 0 saturated carbocycles. The van der Waals surface area contributed by atoms with Gasteiger partial charge >= 0.3 is 0 Å². The van der Waals surface area contributed by atoms with Crippen LogP contribution in [0.4, 0.5) is 15.8 Å². The Balaban J connectivity index is 2.38. The Morgan fingerprint density at radius 3 is 2.81 bits per heavy atom. The van der Waals surface area contributed by atoms with Crippen LogP contribution in [0.3, 0.4) is 0 Å². The van der Waals surface area contributed by atoms with Gasteiger partial charge in [-0.15, -0.1) is 0 Å². The maximum atomic E-state index is 13.6. The van der Waals surface area contributed by atoms with Gasteiger partial charge in [-0.1, -0.05) is 0 Å². The predicted molar refractivity (Wildman–Crippen MR) is 84.3 cm³/mol. The van der Waals surface area contributed by atoms with E-state index >= 15 is 0 Å². The van der Waals surface area contributed by atoms with Gasteiger partial charge in [-0.2, -0.15) is 0 Å². The molecule has 1 N–H and O–H groups in total. The summed E-state index contributed by atoms with van der Waals surface area (Å²) in [5.41, 5.74) is 0.263. The molecule has 0 amide bonds. The Morgan fingerprint density at radius 1 is 1.57 bits per heavy atom. The first-order chi connectivity index (χ1) is 9.90. The van der Waals surface area contributed by atoms with Gasteiger partial charge < -0.3 is 10.2 Å². The minimum Gasteiger partial charge on any atom is -0.362 e. The molecular formula is C14H19BrFN3O2. The molecule has 2 rings (SSSR count). The zero-order chi connectivity index (χ0) is 15.6. The van der Waals surface area contributed by atoms with Gasteiger partial charge in [-0.3, -0.25) is 10.1 Å². The lowest BCUT2D eigenvalue weighted by molar-refractivity contribution is -0.384. The monoisotopic (exact) mass is 359 g/mol. The van der Waals surface area contributed by atoms with E-state index in [0.717, 1.165) is 25.5 Å². The first-order valence-corrected chi connectivity index (χ1v) is 7.83. The first kappa shape index (κ1) is 16.2. The fourth-order valence-corrected chi connectivity index (χ4v) is 2.97. The molecule has 1 heterocycles. The summed E-state index contributed by atoms with van der Waals surface area (Å²) in [5.74, 6) is -0.617. The Morgan fingerprint density at radius 2 is 2.29 bits per heavy atom. The number of anilines is 1. The van der Waals surface area contributed by atoms with Gasteiger partial charge in [-0.05, 0) is 55.2 Å². The number of nitrogens with one attached hydrogen (secondary N) is 1. The largest absolute Gasteiger partial charge is 0.362 e. The topological polar surface area (TPSA) is 58.4 Å². The van der Waals surface area contributed by atoms with E-state index in [1.165, 1.54) is 6.07 Å². The average molecular weight is 360 g/mol. The van der Waals surface area contributed by atoms with Crippen molar-refractivity contribution in [2.75, 3.05) is 18.0 Å². The van der Waals surface area contributed by atoms with Gasteiger partial charge in [-0.25, -0.2) is 4.39 Å². The number of halogens is 2. The van der Waals surface area contributed by atoms with Crippen LogP contribution < -0.4 is 10.2 Å². The van der Waals surface area contributed by atoms with Gasteiger partial charge in [0.25, 0.3) is 5.69 Å². The van der Waals surface area contributed by atoms with Crippen molar-refractivity contribution in [3.05, 3.63) is 32.5 Å². The van der Waals surface area contributed by atoms with E-state index in [-0.39, 0.29) is 16.2 Å². The van der Waals surface area contributed by atoms with Crippen molar-refractivity contribution in [1.29, 1.82) is 0 Å². The second kappa shape index (κ2) is 6.70. The quantitative estimate of drug-likeness (QED) is 0.645. The molecule has 0 spiro atoms. The number of benzene rings is 1. The molecule has 1 atom stereocenters. The van der Waals surface area contributed by atoms with Crippen LogP contribution in [0.15, 0.2) is 16.6 Å². The summed E-state index contributed by atoms with van der Waals surface area (Å²) in [5, 5.41) is 14.6. The van der Waals surface area contributed by atoms with Crippen molar-refractivity contribution in [2.24, 2.45) is 0 Å². The lowest BCUT2D eigenvalue weighted by atomic mass is 10.1. The second-order valence-corrected chi connectivity index (χ2v) is 6.41. The third-order valence-electron chi connectivity index (χ3n) is 3.73. The van der Waals surface area contributed by atoms with E-state index in [9.17, 15) is 14.5 Å². The molecule has 21 heavy (non-hydrogen) atoms. The third-order valence-corrected chi connectivity index (χ3v) is 4.33. The lowest BCUT2D eigenvalue weighted by Crippen LogP contribution is -2.41. The SMILES string of the molecule is CC(C)N(CC1CCCN1)c1cc(Br)c(F)cc1[N+](=O)[O-]. The molecule has 1 aliphatic heterocycles. The van der Waals surface area contributed by atoms with Crippen molar-refractivity contribution in [3.8, 4) is 0 Å². The number of rotatable bonds is 5. The number of hydrogen-bond donors (Lipinski definition) is 1. The number of nitrogens with zero attached hydrogens (tertiary/aromatic N) is 2. The van der Waals surface area contributed by atoms with Crippen LogP contribution in [0.5, 0.6) is 0 Å². The molecule has 0 bridgehead atoms. The molecule has 5 nitrogen and oxygen atoms in total. The molecule has 0 aliphatic carbocycles. The standard InChI is InChI=1S/C14H19BrFN3O2/c1-9(2)18(8-10-4-3-5-17-10)13-6-11(15)12(16)7-14(13)19(20)21/h6-7,9-10,17H,3-5,8H2,1-2H3. The fourth-order valence-electron chi connectivity index (χ4n) is 2.64. The smallest absolute Gasteiger partial charge is 0.295 e. The van der Waals surface area contributed by atoms with Crippen LogP contribution in [-0.2, 0) is 0 Å². The Hall–Kier alpha value is -1.21. The zero-order valence-corrected chi connectivity index (χ0v) is 13.7. The van der Waals surface area contributed by atoms with Crippen LogP contribution in [0.25, 0.3) is 0 Å². The maximum Gasteiger partial charge on any atom is 0.295 e. The molecule has 1 aromatic carbocycles.